The highest BCUT2D eigenvalue weighted by atomic mass is 35.5. The molecule has 0 aliphatic carbocycles. The summed E-state index contributed by atoms with van der Waals surface area (Å²) in [6.07, 6.45) is 0.872. The number of nitrogens with one attached hydrogen (secondary N) is 1. The Morgan fingerprint density at radius 2 is 1.76 bits per heavy atom. The molecule has 2 aromatic rings. The second-order valence-corrected chi connectivity index (χ2v) is 5.03. The number of carbonyl (C=O) groups is 1. The first kappa shape index (κ1) is 15.4. The van der Waals surface area contributed by atoms with E-state index < -0.39 is 0 Å². The Kier molecular flexibility index (Phi) is 5.64. The molecule has 0 unspecified atom stereocenters. The first-order valence-corrected chi connectivity index (χ1v) is 7.29. The van der Waals surface area contributed by atoms with Crippen molar-refractivity contribution in [2.75, 3.05) is 6.61 Å². The quantitative estimate of drug-likeness (QED) is 0.885. The summed E-state index contributed by atoms with van der Waals surface area (Å²) in [6, 6.07) is 15.2. The van der Waals surface area contributed by atoms with E-state index in [4.69, 9.17) is 16.3 Å². The second kappa shape index (κ2) is 7.70. The normalized spacial score (nSPS) is 10.2. The maximum absolute atomic E-state index is 11.8. The highest BCUT2D eigenvalue weighted by molar-refractivity contribution is 6.31. The van der Waals surface area contributed by atoms with E-state index in [-0.39, 0.29) is 12.5 Å². The fourth-order valence-corrected chi connectivity index (χ4v) is 2.17. The lowest BCUT2D eigenvalue weighted by atomic mass is 10.1. The predicted octanol–water partition coefficient (Wildman–Crippen LogP) is 3.60. The summed E-state index contributed by atoms with van der Waals surface area (Å²) < 4.78 is 5.56. The summed E-state index contributed by atoms with van der Waals surface area (Å²) in [7, 11) is 0. The van der Waals surface area contributed by atoms with Gasteiger partial charge in [-0.05, 0) is 29.7 Å². The molecular formula is C17H18ClNO2. The van der Waals surface area contributed by atoms with Crippen LogP contribution >= 0.6 is 11.6 Å². The molecule has 0 aliphatic rings. The van der Waals surface area contributed by atoms with Crippen LogP contribution in [0.1, 0.15) is 18.1 Å². The van der Waals surface area contributed by atoms with Gasteiger partial charge in [-0.1, -0.05) is 54.9 Å². The SMILES string of the molecule is CCc1ccccc1OCC(=O)NCc1ccccc1Cl. The monoisotopic (exact) mass is 303 g/mol. The van der Waals surface area contributed by atoms with Crippen molar-refractivity contribution in [3.8, 4) is 5.75 Å². The minimum Gasteiger partial charge on any atom is -0.483 e. The first-order chi connectivity index (χ1) is 10.2. The highest BCUT2D eigenvalue weighted by Gasteiger charge is 2.06. The van der Waals surface area contributed by atoms with Crippen molar-refractivity contribution < 1.29 is 9.53 Å². The van der Waals surface area contributed by atoms with Crippen molar-refractivity contribution in [2.24, 2.45) is 0 Å². The van der Waals surface area contributed by atoms with Gasteiger partial charge in [0.25, 0.3) is 5.91 Å². The number of ether oxygens (including phenoxy) is 1. The molecule has 110 valence electrons. The first-order valence-electron chi connectivity index (χ1n) is 6.91. The van der Waals surface area contributed by atoms with Crippen LogP contribution < -0.4 is 10.1 Å². The summed E-state index contributed by atoms with van der Waals surface area (Å²) in [5, 5.41) is 3.45. The van der Waals surface area contributed by atoms with E-state index >= 15 is 0 Å². The molecule has 2 aromatic carbocycles. The van der Waals surface area contributed by atoms with Crippen LogP contribution in [0.3, 0.4) is 0 Å². The molecule has 0 radical (unpaired) electrons. The van der Waals surface area contributed by atoms with Crippen LogP contribution in [0.25, 0.3) is 0 Å². The zero-order valence-electron chi connectivity index (χ0n) is 11.9. The van der Waals surface area contributed by atoms with Gasteiger partial charge in [0.2, 0.25) is 0 Å². The molecule has 0 aromatic heterocycles. The lowest BCUT2D eigenvalue weighted by molar-refractivity contribution is -0.123. The highest BCUT2D eigenvalue weighted by Crippen LogP contribution is 2.18. The third kappa shape index (κ3) is 4.50. The molecule has 0 atom stereocenters. The Balaban J connectivity index is 1.84. The fourth-order valence-electron chi connectivity index (χ4n) is 1.97. The molecule has 1 N–H and O–H groups in total. The average Bonchev–Trinajstić information content (AvgIpc) is 2.52. The Bertz CT molecular complexity index is 613. The minimum absolute atomic E-state index is 0.00145. The summed E-state index contributed by atoms with van der Waals surface area (Å²) in [4.78, 5) is 11.8. The standard InChI is InChI=1S/C17H18ClNO2/c1-2-13-7-4-6-10-16(13)21-12-17(20)19-11-14-8-3-5-9-15(14)18/h3-10H,2,11-12H2,1H3,(H,19,20). The van der Waals surface area contributed by atoms with Gasteiger partial charge in [0, 0.05) is 11.6 Å². The fraction of sp³-hybridized carbons (Fsp3) is 0.235. The van der Waals surface area contributed by atoms with Gasteiger partial charge in [0.15, 0.2) is 6.61 Å². The molecule has 4 heteroatoms. The van der Waals surface area contributed by atoms with Gasteiger partial charge in [-0.3, -0.25) is 4.79 Å². The summed E-state index contributed by atoms with van der Waals surface area (Å²) in [6.45, 7) is 2.46. The van der Waals surface area contributed by atoms with E-state index in [1.807, 2.05) is 42.5 Å². The largest absolute Gasteiger partial charge is 0.483 e. The average molecular weight is 304 g/mol. The molecule has 0 heterocycles. The smallest absolute Gasteiger partial charge is 0.258 e. The van der Waals surface area contributed by atoms with Gasteiger partial charge in [0.1, 0.15) is 5.75 Å². The number of benzene rings is 2. The van der Waals surface area contributed by atoms with E-state index in [9.17, 15) is 4.79 Å². The number of hydrogen-bond donors (Lipinski definition) is 1. The molecule has 0 saturated heterocycles. The van der Waals surface area contributed by atoms with Crippen molar-refractivity contribution in [3.05, 3.63) is 64.7 Å². The molecule has 0 fully saturated rings. The third-order valence-corrected chi connectivity index (χ3v) is 3.51. The number of aryl methyl sites for hydroxylation is 1. The van der Waals surface area contributed by atoms with E-state index in [1.54, 1.807) is 6.07 Å². The summed E-state index contributed by atoms with van der Waals surface area (Å²) in [5.74, 6) is 0.591. The summed E-state index contributed by atoms with van der Waals surface area (Å²) >= 11 is 6.04. The van der Waals surface area contributed by atoms with Crippen LogP contribution in [0.5, 0.6) is 5.75 Å². The zero-order chi connectivity index (χ0) is 15.1. The number of para-hydroxylation sites is 1. The van der Waals surface area contributed by atoms with E-state index in [2.05, 4.69) is 12.2 Å². The topological polar surface area (TPSA) is 38.3 Å². The second-order valence-electron chi connectivity index (χ2n) is 4.62. The maximum atomic E-state index is 11.8. The van der Waals surface area contributed by atoms with Crippen molar-refractivity contribution in [2.45, 2.75) is 19.9 Å². The molecule has 0 bridgehead atoms. The van der Waals surface area contributed by atoms with Gasteiger partial charge in [-0.25, -0.2) is 0 Å². The van der Waals surface area contributed by atoms with E-state index in [0.29, 0.717) is 11.6 Å². The van der Waals surface area contributed by atoms with Crippen molar-refractivity contribution >= 4 is 17.5 Å². The van der Waals surface area contributed by atoms with E-state index in [1.165, 1.54) is 0 Å². The van der Waals surface area contributed by atoms with Gasteiger partial charge in [0.05, 0.1) is 0 Å². The Morgan fingerprint density at radius 3 is 2.48 bits per heavy atom. The third-order valence-electron chi connectivity index (χ3n) is 3.15. The molecule has 2 rings (SSSR count). The van der Waals surface area contributed by atoms with Crippen molar-refractivity contribution in [1.82, 2.24) is 5.32 Å². The molecule has 21 heavy (non-hydrogen) atoms. The summed E-state index contributed by atoms with van der Waals surface area (Å²) in [5.41, 5.74) is 1.98. The van der Waals surface area contributed by atoms with Gasteiger partial charge < -0.3 is 10.1 Å². The molecule has 0 aliphatic heterocycles. The number of rotatable bonds is 6. The number of halogens is 1. The number of amides is 1. The molecule has 0 spiro atoms. The predicted molar refractivity (Wildman–Crippen MR) is 84.6 cm³/mol. The molecule has 1 amide bonds. The zero-order valence-corrected chi connectivity index (χ0v) is 12.7. The molecule has 3 nitrogen and oxygen atoms in total. The lowest BCUT2D eigenvalue weighted by Gasteiger charge is -2.11. The van der Waals surface area contributed by atoms with Gasteiger partial charge >= 0.3 is 0 Å². The lowest BCUT2D eigenvalue weighted by Crippen LogP contribution is -2.28. The van der Waals surface area contributed by atoms with Crippen LogP contribution in [0.2, 0.25) is 5.02 Å². The Labute approximate surface area is 129 Å². The van der Waals surface area contributed by atoms with Crippen LogP contribution in [-0.2, 0) is 17.8 Å². The minimum atomic E-state index is -0.166. The molecule has 0 saturated carbocycles. The van der Waals surface area contributed by atoms with Crippen molar-refractivity contribution in [3.63, 3.8) is 0 Å². The van der Waals surface area contributed by atoms with Gasteiger partial charge in [-0.15, -0.1) is 0 Å². The van der Waals surface area contributed by atoms with Crippen molar-refractivity contribution in [1.29, 1.82) is 0 Å². The Morgan fingerprint density at radius 1 is 1.10 bits per heavy atom. The number of hydrogen-bond acceptors (Lipinski definition) is 2. The maximum Gasteiger partial charge on any atom is 0.258 e. The van der Waals surface area contributed by atoms with Crippen LogP contribution in [-0.4, -0.2) is 12.5 Å². The van der Waals surface area contributed by atoms with Crippen LogP contribution in [0.4, 0.5) is 0 Å². The Hall–Kier alpha value is -2.00. The van der Waals surface area contributed by atoms with Crippen LogP contribution in [0.15, 0.2) is 48.5 Å². The molecular weight excluding hydrogens is 286 g/mol. The number of carbonyl (C=O) groups excluding carboxylic acids is 1. The van der Waals surface area contributed by atoms with E-state index in [0.717, 1.165) is 23.3 Å². The van der Waals surface area contributed by atoms with Crippen LogP contribution in [0, 0.1) is 0 Å². The van der Waals surface area contributed by atoms with Gasteiger partial charge in [-0.2, -0.15) is 0 Å².